The zero-order valence-corrected chi connectivity index (χ0v) is 24.4. The maximum atomic E-state index is 13.9. The van der Waals surface area contributed by atoms with E-state index in [-0.39, 0.29) is 39.3 Å². The van der Waals surface area contributed by atoms with Crippen molar-refractivity contribution in [3.63, 3.8) is 0 Å². The summed E-state index contributed by atoms with van der Waals surface area (Å²) >= 11 is 0. The number of amides is 1. The molecule has 1 aromatic rings. The molecule has 6 atom stereocenters. The van der Waals surface area contributed by atoms with Crippen molar-refractivity contribution in [1.29, 1.82) is 0 Å². The Balaban J connectivity index is 1.38. The second kappa shape index (κ2) is 8.71. The Morgan fingerprint density at radius 1 is 0.919 bits per heavy atom. The quantitative estimate of drug-likeness (QED) is 0.450. The molecule has 2 saturated carbocycles. The molecular formula is C33H48N2O2. The summed E-state index contributed by atoms with van der Waals surface area (Å²) in [7, 11) is 0. The first-order valence-corrected chi connectivity index (χ1v) is 14.6. The Kier molecular flexibility index (Phi) is 6.24. The summed E-state index contributed by atoms with van der Waals surface area (Å²) in [6.45, 7) is 19.2. The maximum absolute atomic E-state index is 13.9. The summed E-state index contributed by atoms with van der Waals surface area (Å²) < 4.78 is 0. The number of hydrogen-bond donors (Lipinski definition) is 2. The van der Waals surface area contributed by atoms with Crippen LogP contribution in [-0.4, -0.2) is 18.2 Å². The van der Waals surface area contributed by atoms with Crippen molar-refractivity contribution in [3.8, 4) is 0 Å². The molecule has 5 rings (SSSR count). The first-order valence-electron chi connectivity index (χ1n) is 14.6. The molecule has 3 aliphatic carbocycles. The molecule has 1 amide bonds. The van der Waals surface area contributed by atoms with E-state index < -0.39 is 0 Å². The van der Waals surface area contributed by atoms with E-state index in [1.165, 1.54) is 16.8 Å². The summed E-state index contributed by atoms with van der Waals surface area (Å²) in [4.78, 5) is 26.0. The minimum atomic E-state index is 0.0185. The first kappa shape index (κ1) is 26.5. The molecule has 1 aromatic carbocycles. The number of anilines is 1. The van der Waals surface area contributed by atoms with Crippen molar-refractivity contribution in [2.24, 2.45) is 34.5 Å². The molecule has 4 nitrogen and oxygen atoms in total. The summed E-state index contributed by atoms with van der Waals surface area (Å²) in [5.74, 6) is 2.24. The van der Waals surface area contributed by atoms with Crippen molar-refractivity contribution in [1.82, 2.24) is 5.32 Å². The number of ketones is 1. The van der Waals surface area contributed by atoms with Gasteiger partial charge in [0.2, 0.25) is 5.91 Å². The lowest BCUT2D eigenvalue weighted by Crippen LogP contribution is -2.57. The van der Waals surface area contributed by atoms with Crippen LogP contribution in [0.3, 0.4) is 0 Å². The molecule has 0 bridgehead atoms. The van der Waals surface area contributed by atoms with Crippen LogP contribution < -0.4 is 10.6 Å². The minimum absolute atomic E-state index is 0.0185. The number of carbonyl (C=O) groups excluding carboxylic acids is 2. The number of piperidine rings is 1. The fourth-order valence-electron chi connectivity index (χ4n) is 8.37. The molecule has 3 fully saturated rings. The summed E-state index contributed by atoms with van der Waals surface area (Å²) in [6.07, 6.45) is 7.86. The molecule has 4 heteroatoms. The molecule has 2 N–H and O–H groups in total. The molecule has 3 unspecified atom stereocenters. The fraction of sp³-hybridized carbons (Fsp3) is 0.697. The highest BCUT2D eigenvalue weighted by Gasteiger charge is 2.60. The maximum Gasteiger partial charge on any atom is 0.228 e. The van der Waals surface area contributed by atoms with Crippen LogP contribution in [0, 0.1) is 34.5 Å². The van der Waals surface area contributed by atoms with Crippen molar-refractivity contribution >= 4 is 17.4 Å². The van der Waals surface area contributed by atoms with Crippen LogP contribution >= 0.6 is 0 Å². The molecule has 202 valence electrons. The van der Waals surface area contributed by atoms with Gasteiger partial charge < -0.3 is 10.6 Å². The third kappa shape index (κ3) is 4.46. The zero-order valence-electron chi connectivity index (χ0n) is 24.4. The van der Waals surface area contributed by atoms with Crippen LogP contribution in [0.2, 0.25) is 0 Å². The molecular weight excluding hydrogens is 456 g/mol. The zero-order chi connectivity index (χ0) is 27.0. The van der Waals surface area contributed by atoms with Crippen LogP contribution in [0.15, 0.2) is 30.0 Å². The normalized spacial score (nSPS) is 35.6. The van der Waals surface area contributed by atoms with E-state index in [4.69, 9.17) is 0 Å². The van der Waals surface area contributed by atoms with Gasteiger partial charge in [-0.3, -0.25) is 9.59 Å². The fourth-order valence-corrected chi connectivity index (χ4v) is 8.37. The summed E-state index contributed by atoms with van der Waals surface area (Å²) in [5, 5.41) is 7.08. The first-order chi connectivity index (χ1) is 17.1. The highest BCUT2D eigenvalue weighted by molar-refractivity contribution is 5.94. The molecule has 0 radical (unpaired) electrons. The predicted octanol–water partition coefficient (Wildman–Crippen LogP) is 7.14. The lowest BCUT2D eigenvalue weighted by atomic mass is 9.50. The van der Waals surface area contributed by atoms with Gasteiger partial charge in [0.15, 0.2) is 5.78 Å². The smallest absolute Gasteiger partial charge is 0.228 e. The molecule has 1 saturated heterocycles. The van der Waals surface area contributed by atoms with Gasteiger partial charge in [-0.25, -0.2) is 0 Å². The van der Waals surface area contributed by atoms with Crippen LogP contribution in [-0.2, 0) is 20.4 Å². The lowest BCUT2D eigenvalue weighted by molar-refractivity contribution is -0.127. The minimum Gasteiger partial charge on any atom is -0.387 e. The van der Waals surface area contributed by atoms with Crippen molar-refractivity contribution in [2.75, 3.05) is 11.9 Å². The van der Waals surface area contributed by atoms with Crippen LogP contribution in [0.1, 0.15) is 105 Å². The topological polar surface area (TPSA) is 58.2 Å². The highest BCUT2D eigenvalue weighted by Crippen LogP contribution is 2.64. The van der Waals surface area contributed by atoms with E-state index >= 15 is 0 Å². The third-order valence-corrected chi connectivity index (χ3v) is 10.8. The number of nitrogens with one attached hydrogen (secondary N) is 2. The molecule has 37 heavy (non-hydrogen) atoms. The summed E-state index contributed by atoms with van der Waals surface area (Å²) in [6, 6.07) is 6.67. The Morgan fingerprint density at radius 2 is 1.57 bits per heavy atom. The number of benzene rings is 1. The van der Waals surface area contributed by atoms with Crippen molar-refractivity contribution in [3.05, 3.63) is 41.1 Å². The number of hydrogen-bond acceptors (Lipinski definition) is 3. The van der Waals surface area contributed by atoms with Gasteiger partial charge >= 0.3 is 0 Å². The van der Waals surface area contributed by atoms with Gasteiger partial charge in [-0.2, -0.15) is 0 Å². The second-order valence-electron chi connectivity index (χ2n) is 15.2. The molecule has 1 aliphatic heterocycles. The van der Waals surface area contributed by atoms with Gasteiger partial charge in [-0.15, -0.1) is 0 Å². The van der Waals surface area contributed by atoms with Gasteiger partial charge in [0.25, 0.3) is 0 Å². The molecule has 4 aliphatic rings. The molecule has 0 aromatic heterocycles. The summed E-state index contributed by atoms with van der Waals surface area (Å²) in [5.41, 5.74) is 4.80. The van der Waals surface area contributed by atoms with E-state index in [9.17, 15) is 9.59 Å². The van der Waals surface area contributed by atoms with E-state index in [1.807, 2.05) is 6.08 Å². The third-order valence-electron chi connectivity index (χ3n) is 10.8. The van der Waals surface area contributed by atoms with Gasteiger partial charge in [-0.05, 0) is 89.4 Å². The Labute approximate surface area is 224 Å². The second-order valence-corrected chi connectivity index (χ2v) is 15.2. The van der Waals surface area contributed by atoms with Crippen LogP contribution in [0.25, 0.3) is 0 Å². The van der Waals surface area contributed by atoms with Crippen LogP contribution in [0.5, 0.6) is 0 Å². The number of allylic oxidation sites excluding steroid dienone is 2. The van der Waals surface area contributed by atoms with Gasteiger partial charge in [0, 0.05) is 41.8 Å². The van der Waals surface area contributed by atoms with E-state index in [0.29, 0.717) is 24.2 Å². The number of fused-ring (bicyclic) bond motifs is 5. The van der Waals surface area contributed by atoms with Gasteiger partial charge in [-0.1, -0.05) is 61.5 Å². The van der Waals surface area contributed by atoms with E-state index in [0.717, 1.165) is 44.3 Å². The van der Waals surface area contributed by atoms with E-state index in [2.05, 4.69) is 84.2 Å². The van der Waals surface area contributed by atoms with Crippen LogP contribution in [0.4, 0.5) is 5.69 Å². The van der Waals surface area contributed by atoms with Gasteiger partial charge in [0.1, 0.15) is 0 Å². The largest absolute Gasteiger partial charge is 0.387 e. The lowest BCUT2D eigenvalue weighted by Gasteiger charge is -2.58. The molecule has 0 spiro atoms. The Hall–Kier alpha value is -2.10. The van der Waals surface area contributed by atoms with Gasteiger partial charge in [0.05, 0.1) is 0 Å². The monoisotopic (exact) mass is 504 g/mol. The standard InChI is InChI=1S/C33H48N2O2/c1-30(2,3)20-15-21(31(4,5)6)17-22(16-20)35-29(37)27-10-9-25-24-19-34-28-18-23(36)11-13-33(28,8)26(24)12-14-32(25,27)7/h15-18,24-27,34H,9-14,19H2,1-8H3,(H,35,37)/t24?,25?,26?,27-,32+,33-/m1/s1. The van der Waals surface area contributed by atoms with Crippen molar-refractivity contribution in [2.45, 2.75) is 105 Å². The van der Waals surface area contributed by atoms with E-state index in [1.54, 1.807) is 0 Å². The number of rotatable bonds is 2. The highest BCUT2D eigenvalue weighted by atomic mass is 16.2. The number of carbonyl (C=O) groups is 2. The average Bonchev–Trinajstić information content (AvgIpc) is 3.15. The Morgan fingerprint density at radius 3 is 2.19 bits per heavy atom. The predicted molar refractivity (Wildman–Crippen MR) is 151 cm³/mol. The molecule has 1 heterocycles. The van der Waals surface area contributed by atoms with Crippen molar-refractivity contribution < 1.29 is 9.59 Å². The Bertz CT molecular complexity index is 1100. The SMILES string of the molecule is CC(C)(C)c1cc(NC(=O)[C@H]2CCC3C4CNC5=CC(=O)CC[C@]5(C)C4CC[C@@]32C)cc(C(C)(C)C)c1. The average molecular weight is 505 g/mol.